The van der Waals surface area contributed by atoms with E-state index in [4.69, 9.17) is 11.6 Å². The van der Waals surface area contributed by atoms with Crippen molar-refractivity contribution in [1.82, 2.24) is 9.78 Å². The van der Waals surface area contributed by atoms with Crippen LogP contribution in [0.15, 0.2) is 60.9 Å². The zero-order chi connectivity index (χ0) is 16.9. The maximum atomic E-state index is 13.8. The first kappa shape index (κ1) is 16.0. The topological polar surface area (TPSA) is 59.0 Å². The van der Waals surface area contributed by atoms with Crippen LogP contribution < -0.4 is 10.6 Å². The van der Waals surface area contributed by atoms with Crippen molar-refractivity contribution in [2.75, 3.05) is 10.6 Å². The van der Waals surface area contributed by atoms with Crippen LogP contribution >= 0.6 is 11.6 Å². The minimum Gasteiger partial charge on any atom is -0.308 e. The zero-order valence-electron chi connectivity index (χ0n) is 12.5. The van der Waals surface area contributed by atoms with Gasteiger partial charge < -0.3 is 10.6 Å². The number of nitrogens with one attached hydrogen (secondary N) is 2. The molecule has 0 atom stereocenters. The minimum absolute atomic E-state index is 0.174. The van der Waals surface area contributed by atoms with Crippen LogP contribution in [0.4, 0.5) is 20.6 Å². The summed E-state index contributed by atoms with van der Waals surface area (Å²) in [6.45, 7) is 0.174. The largest absolute Gasteiger partial charge is 0.323 e. The molecule has 0 spiro atoms. The molecule has 0 radical (unpaired) electrons. The first-order chi connectivity index (χ1) is 11.6. The van der Waals surface area contributed by atoms with Gasteiger partial charge in [-0.2, -0.15) is 5.10 Å². The molecule has 0 saturated carbocycles. The monoisotopic (exact) mass is 344 g/mol. The maximum absolute atomic E-state index is 13.8. The number of carbonyl (C=O) groups excluding carboxylic acids is 1. The average molecular weight is 345 g/mol. The van der Waals surface area contributed by atoms with Crippen LogP contribution in [0.3, 0.4) is 0 Å². The van der Waals surface area contributed by atoms with E-state index in [2.05, 4.69) is 15.7 Å². The number of rotatable bonds is 4. The molecule has 0 fully saturated rings. The van der Waals surface area contributed by atoms with Crippen molar-refractivity contribution in [3.63, 3.8) is 0 Å². The standard InChI is InChI=1S/C17H14ClFN4O/c18-15-7-4-8-16(19)14(15)11-23-10-13(9-20-23)22-17(24)21-12-5-2-1-3-6-12/h1-10H,11H2,(H2,21,22,24). The molecule has 2 N–H and O–H groups in total. The van der Waals surface area contributed by atoms with Gasteiger partial charge in [-0.05, 0) is 24.3 Å². The van der Waals surface area contributed by atoms with Crippen molar-refractivity contribution in [2.45, 2.75) is 6.54 Å². The van der Waals surface area contributed by atoms with Gasteiger partial charge in [0.1, 0.15) is 5.82 Å². The van der Waals surface area contributed by atoms with E-state index in [-0.39, 0.29) is 12.6 Å². The molecule has 1 aromatic heterocycles. The Balaban J connectivity index is 1.64. The predicted octanol–water partition coefficient (Wildman–Crippen LogP) is 4.37. The number of nitrogens with zero attached hydrogens (tertiary/aromatic N) is 2. The molecule has 0 bridgehead atoms. The van der Waals surface area contributed by atoms with Gasteiger partial charge >= 0.3 is 6.03 Å². The third-order valence-corrected chi connectivity index (χ3v) is 3.66. The molecule has 1 heterocycles. The zero-order valence-corrected chi connectivity index (χ0v) is 13.3. The maximum Gasteiger partial charge on any atom is 0.323 e. The highest BCUT2D eigenvalue weighted by Crippen LogP contribution is 2.20. The van der Waals surface area contributed by atoms with Crippen molar-refractivity contribution in [1.29, 1.82) is 0 Å². The summed E-state index contributed by atoms with van der Waals surface area (Å²) in [5, 5.41) is 9.80. The second kappa shape index (κ2) is 7.14. The van der Waals surface area contributed by atoms with Crippen LogP contribution in [0.2, 0.25) is 5.02 Å². The van der Waals surface area contributed by atoms with E-state index in [0.717, 1.165) is 0 Å². The molecule has 3 aromatic rings. The lowest BCUT2D eigenvalue weighted by Gasteiger charge is -2.06. The number of benzene rings is 2. The van der Waals surface area contributed by atoms with E-state index >= 15 is 0 Å². The van der Waals surface area contributed by atoms with Gasteiger partial charge in [0.25, 0.3) is 0 Å². The molecule has 0 unspecified atom stereocenters. The number of halogens is 2. The lowest BCUT2D eigenvalue weighted by Crippen LogP contribution is -2.19. The quantitative estimate of drug-likeness (QED) is 0.738. The van der Waals surface area contributed by atoms with E-state index in [9.17, 15) is 9.18 Å². The summed E-state index contributed by atoms with van der Waals surface area (Å²) >= 11 is 6.00. The van der Waals surface area contributed by atoms with Crippen molar-refractivity contribution in [3.05, 3.63) is 77.3 Å². The van der Waals surface area contributed by atoms with Gasteiger partial charge in [0.15, 0.2) is 0 Å². The van der Waals surface area contributed by atoms with Crippen LogP contribution in [-0.4, -0.2) is 15.8 Å². The molecule has 2 amide bonds. The fraction of sp³-hybridized carbons (Fsp3) is 0.0588. The Labute approximate surface area is 143 Å². The van der Waals surface area contributed by atoms with E-state index in [1.165, 1.54) is 16.9 Å². The van der Waals surface area contributed by atoms with E-state index < -0.39 is 5.82 Å². The van der Waals surface area contributed by atoms with Gasteiger partial charge in [-0.15, -0.1) is 0 Å². The van der Waals surface area contributed by atoms with Crippen LogP contribution in [0, 0.1) is 5.82 Å². The first-order valence-corrected chi connectivity index (χ1v) is 7.58. The number of amides is 2. The van der Waals surface area contributed by atoms with Gasteiger partial charge in [0.2, 0.25) is 0 Å². The summed E-state index contributed by atoms with van der Waals surface area (Å²) in [5.74, 6) is -0.394. The summed E-state index contributed by atoms with van der Waals surface area (Å²) in [6.07, 6.45) is 3.09. The Morgan fingerprint density at radius 1 is 1.08 bits per heavy atom. The highest BCUT2D eigenvalue weighted by atomic mass is 35.5. The summed E-state index contributed by atoms with van der Waals surface area (Å²) < 4.78 is 15.3. The molecule has 0 aliphatic rings. The Kier molecular flexibility index (Phi) is 4.77. The minimum atomic E-state index is -0.394. The van der Waals surface area contributed by atoms with Crippen molar-refractivity contribution in [3.8, 4) is 0 Å². The van der Waals surface area contributed by atoms with E-state index in [1.54, 1.807) is 30.5 Å². The van der Waals surface area contributed by atoms with Crippen molar-refractivity contribution >= 4 is 29.0 Å². The van der Waals surface area contributed by atoms with Gasteiger partial charge in [0.05, 0.1) is 18.4 Å². The van der Waals surface area contributed by atoms with Gasteiger partial charge in [-0.25, -0.2) is 9.18 Å². The Bertz CT molecular complexity index is 831. The highest BCUT2D eigenvalue weighted by molar-refractivity contribution is 6.31. The number of hydrogen-bond donors (Lipinski definition) is 2. The molecule has 0 aliphatic carbocycles. The Morgan fingerprint density at radius 3 is 2.58 bits per heavy atom. The molecule has 2 aromatic carbocycles. The van der Waals surface area contributed by atoms with Gasteiger partial charge in [-0.3, -0.25) is 4.68 Å². The summed E-state index contributed by atoms with van der Waals surface area (Å²) in [5.41, 5.74) is 1.53. The summed E-state index contributed by atoms with van der Waals surface area (Å²) in [6, 6.07) is 13.2. The second-order valence-electron chi connectivity index (χ2n) is 5.07. The smallest absolute Gasteiger partial charge is 0.308 e. The van der Waals surface area contributed by atoms with E-state index in [1.807, 2.05) is 18.2 Å². The molecule has 0 saturated heterocycles. The molecule has 0 aliphatic heterocycles. The van der Waals surface area contributed by atoms with E-state index in [0.29, 0.717) is 22.0 Å². The fourth-order valence-corrected chi connectivity index (χ4v) is 2.40. The third kappa shape index (κ3) is 3.91. The first-order valence-electron chi connectivity index (χ1n) is 7.20. The molecule has 7 heteroatoms. The number of carbonyl (C=O) groups is 1. The van der Waals surface area contributed by atoms with Crippen molar-refractivity contribution in [2.24, 2.45) is 0 Å². The van der Waals surface area contributed by atoms with Gasteiger partial charge in [0, 0.05) is 22.5 Å². The normalized spacial score (nSPS) is 10.4. The average Bonchev–Trinajstić information content (AvgIpc) is 2.99. The van der Waals surface area contributed by atoms with Crippen LogP contribution in [-0.2, 0) is 6.54 Å². The Morgan fingerprint density at radius 2 is 1.83 bits per heavy atom. The second-order valence-corrected chi connectivity index (χ2v) is 5.48. The highest BCUT2D eigenvalue weighted by Gasteiger charge is 2.09. The number of hydrogen-bond acceptors (Lipinski definition) is 2. The molecular weight excluding hydrogens is 331 g/mol. The lowest BCUT2D eigenvalue weighted by molar-refractivity contribution is 0.262. The van der Waals surface area contributed by atoms with Crippen LogP contribution in [0.1, 0.15) is 5.56 Å². The number of para-hydroxylation sites is 1. The lowest BCUT2D eigenvalue weighted by atomic mass is 10.2. The molecule has 122 valence electrons. The third-order valence-electron chi connectivity index (χ3n) is 3.30. The molecular formula is C17H14ClFN4O. The number of aromatic nitrogens is 2. The summed E-state index contributed by atoms with van der Waals surface area (Å²) in [7, 11) is 0. The summed E-state index contributed by atoms with van der Waals surface area (Å²) in [4.78, 5) is 11.9. The van der Waals surface area contributed by atoms with Crippen molar-refractivity contribution < 1.29 is 9.18 Å². The molecule has 5 nitrogen and oxygen atoms in total. The Hall–Kier alpha value is -2.86. The molecule has 24 heavy (non-hydrogen) atoms. The number of anilines is 2. The SMILES string of the molecule is O=C(Nc1ccccc1)Nc1cnn(Cc2c(F)cccc2Cl)c1. The fourth-order valence-electron chi connectivity index (χ4n) is 2.17. The van der Waals surface area contributed by atoms with Crippen LogP contribution in [0.25, 0.3) is 0 Å². The van der Waals surface area contributed by atoms with Gasteiger partial charge in [-0.1, -0.05) is 35.9 Å². The predicted molar refractivity (Wildman–Crippen MR) is 91.8 cm³/mol. The molecule has 3 rings (SSSR count). The van der Waals surface area contributed by atoms with Crippen LogP contribution in [0.5, 0.6) is 0 Å². The number of urea groups is 1.